The number of anilines is 1. The number of ether oxygens (including phenoxy) is 2. The van der Waals surface area contributed by atoms with Crippen molar-refractivity contribution in [3.05, 3.63) is 23.9 Å². The molecule has 0 atom stereocenters. The zero-order valence-corrected chi connectivity index (χ0v) is 16.9. The highest BCUT2D eigenvalue weighted by atomic mass is 31.2. The number of nitriles is 1. The largest absolute Gasteiger partial charge is 0.493 e. The van der Waals surface area contributed by atoms with Crippen LogP contribution in [-0.4, -0.2) is 48.2 Å². The number of benzene rings is 1. The summed E-state index contributed by atoms with van der Waals surface area (Å²) in [6, 6.07) is 5.87. The average Bonchev–Trinajstić information content (AvgIpc) is 2.70. The van der Waals surface area contributed by atoms with Gasteiger partial charge in [-0.15, -0.1) is 0 Å². The van der Waals surface area contributed by atoms with Crippen LogP contribution >= 0.6 is 7.60 Å². The van der Waals surface area contributed by atoms with Crippen LogP contribution in [0.25, 0.3) is 10.9 Å². The van der Waals surface area contributed by atoms with Crippen LogP contribution < -0.4 is 14.4 Å². The first-order valence-corrected chi connectivity index (χ1v) is 10.9. The first kappa shape index (κ1) is 20.4. The Morgan fingerprint density at radius 2 is 1.89 bits per heavy atom. The molecule has 2 aromatic rings. The Balaban J connectivity index is 1.90. The van der Waals surface area contributed by atoms with E-state index < -0.39 is 7.60 Å². The summed E-state index contributed by atoms with van der Waals surface area (Å²) in [5.74, 6) is 1.43. The third kappa shape index (κ3) is 4.39. The van der Waals surface area contributed by atoms with Crippen LogP contribution in [0, 0.1) is 17.2 Å². The molecule has 0 amide bonds. The quantitative estimate of drug-likeness (QED) is 0.705. The molecule has 0 spiro atoms. The fourth-order valence-corrected chi connectivity index (χ4v) is 4.43. The summed E-state index contributed by atoms with van der Waals surface area (Å²) in [7, 11) is -0.826. The molecule has 8 nitrogen and oxygen atoms in total. The lowest BCUT2D eigenvalue weighted by Gasteiger charge is -2.34. The number of rotatable bonds is 6. The number of hydrogen-bond donors (Lipinski definition) is 2. The van der Waals surface area contributed by atoms with Gasteiger partial charge in [-0.3, -0.25) is 9.55 Å². The van der Waals surface area contributed by atoms with Crippen molar-refractivity contribution in [3.8, 4) is 17.6 Å². The topological polar surface area (TPSA) is 116 Å². The summed E-state index contributed by atoms with van der Waals surface area (Å²) < 4.78 is 21.9. The van der Waals surface area contributed by atoms with Crippen molar-refractivity contribution in [2.45, 2.75) is 19.3 Å². The second kappa shape index (κ2) is 8.36. The van der Waals surface area contributed by atoms with E-state index in [9.17, 15) is 9.83 Å². The lowest BCUT2D eigenvalue weighted by Crippen LogP contribution is -2.34. The van der Waals surface area contributed by atoms with Crippen LogP contribution in [0.2, 0.25) is 0 Å². The summed E-state index contributed by atoms with van der Waals surface area (Å²) in [6.07, 6.45) is 3.66. The maximum Gasteiger partial charge on any atom is 0.325 e. The van der Waals surface area contributed by atoms with Crippen LogP contribution in [-0.2, 0) is 4.57 Å². The molecule has 0 aliphatic carbocycles. The van der Waals surface area contributed by atoms with Crippen LogP contribution in [0.15, 0.2) is 18.3 Å². The van der Waals surface area contributed by atoms with Crippen LogP contribution in [0.1, 0.15) is 24.8 Å². The summed E-state index contributed by atoms with van der Waals surface area (Å²) in [4.78, 5) is 24.7. The van der Waals surface area contributed by atoms with E-state index in [1.54, 1.807) is 26.5 Å². The fraction of sp³-hybridized carbons (Fsp3) is 0.474. The van der Waals surface area contributed by atoms with Gasteiger partial charge < -0.3 is 24.2 Å². The van der Waals surface area contributed by atoms with Crippen molar-refractivity contribution in [2.24, 2.45) is 5.92 Å². The van der Waals surface area contributed by atoms with Gasteiger partial charge in [0.1, 0.15) is 6.07 Å². The van der Waals surface area contributed by atoms with Gasteiger partial charge in [0, 0.05) is 30.7 Å². The predicted molar refractivity (Wildman–Crippen MR) is 106 cm³/mol. The summed E-state index contributed by atoms with van der Waals surface area (Å²) in [5, 5.41) is 10.4. The molecule has 3 rings (SSSR count). The average molecular weight is 405 g/mol. The Kier molecular flexibility index (Phi) is 6.09. The number of pyridine rings is 1. The van der Waals surface area contributed by atoms with Crippen molar-refractivity contribution in [1.82, 2.24) is 4.98 Å². The lowest BCUT2D eigenvalue weighted by molar-refractivity contribution is 0.350. The summed E-state index contributed by atoms with van der Waals surface area (Å²) in [5.41, 5.74) is 2.03. The molecule has 1 aliphatic rings. The predicted octanol–water partition coefficient (Wildman–Crippen LogP) is 2.91. The number of hydrogen-bond acceptors (Lipinski definition) is 6. The van der Waals surface area contributed by atoms with Crippen molar-refractivity contribution in [2.75, 3.05) is 38.4 Å². The number of aromatic nitrogens is 1. The van der Waals surface area contributed by atoms with E-state index in [0.29, 0.717) is 36.6 Å². The molecule has 1 fully saturated rings. The molecule has 1 aromatic carbocycles. The monoisotopic (exact) mass is 405 g/mol. The van der Waals surface area contributed by atoms with E-state index in [2.05, 4.69) is 16.0 Å². The van der Waals surface area contributed by atoms with E-state index in [-0.39, 0.29) is 12.1 Å². The summed E-state index contributed by atoms with van der Waals surface area (Å²) in [6.45, 7) is 1.43. The molecule has 0 saturated carbocycles. The molecule has 0 unspecified atom stereocenters. The van der Waals surface area contributed by atoms with Crippen molar-refractivity contribution < 1.29 is 23.8 Å². The molecular formula is C19H24N3O5P. The van der Waals surface area contributed by atoms with Gasteiger partial charge in [0.15, 0.2) is 11.5 Å². The Bertz CT molecular complexity index is 945. The number of fused-ring (bicyclic) bond motifs is 1. The molecule has 28 heavy (non-hydrogen) atoms. The molecule has 1 saturated heterocycles. The number of nitrogens with zero attached hydrogens (tertiary/aromatic N) is 3. The van der Waals surface area contributed by atoms with Crippen molar-refractivity contribution in [3.63, 3.8) is 0 Å². The highest BCUT2D eigenvalue weighted by Gasteiger charge is 2.25. The van der Waals surface area contributed by atoms with Gasteiger partial charge in [0.05, 0.1) is 37.1 Å². The first-order chi connectivity index (χ1) is 13.4. The van der Waals surface area contributed by atoms with Crippen molar-refractivity contribution in [1.29, 1.82) is 5.26 Å². The SMILES string of the molecule is COc1cc2ncc(C#N)c(N3CCC(CCP(=O)(O)O)CC3)c2cc1OC. The minimum Gasteiger partial charge on any atom is -0.493 e. The summed E-state index contributed by atoms with van der Waals surface area (Å²) >= 11 is 0. The third-order valence-electron chi connectivity index (χ3n) is 5.22. The highest BCUT2D eigenvalue weighted by molar-refractivity contribution is 7.51. The zero-order valence-electron chi connectivity index (χ0n) is 16.0. The van der Waals surface area contributed by atoms with E-state index in [0.717, 1.165) is 29.4 Å². The molecule has 2 N–H and O–H groups in total. The van der Waals surface area contributed by atoms with E-state index in [4.69, 9.17) is 19.3 Å². The van der Waals surface area contributed by atoms with E-state index >= 15 is 0 Å². The molecule has 9 heteroatoms. The van der Waals surface area contributed by atoms with E-state index in [1.165, 1.54) is 0 Å². The second-order valence-electron chi connectivity index (χ2n) is 6.96. The second-order valence-corrected chi connectivity index (χ2v) is 8.74. The van der Waals surface area contributed by atoms with Gasteiger partial charge in [-0.05, 0) is 31.2 Å². The van der Waals surface area contributed by atoms with Gasteiger partial charge >= 0.3 is 7.60 Å². The minimum atomic E-state index is -3.96. The standard InChI is InChI=1S/C19H24N3O5P/c1-26-17-9-15-16(10-18(17)27-2)21-12-14(11-20)19(15)22-6-3-13(4-7-22)5-8-28(23,24)25/h9-10,12-13H,3-8H2,1-2H3,(H2,23,24,25). The lowest BCUT2D eigenvalue weighted by atomic mass is 9.93. The molecule has 150 valence electrons. The molecular weight excluding hydrogens is 381 g/mol. The fourth-order valence-electron chi connectivity index (χ4n) is 3.72. The Morgan fingerprint density at radius 1 is 1.25 bits per heavy atom. The van der Waals surface area contributed by atoms with Gasteiger partial charge in [0.25, 0.3) is 0 Å². The minimum absolute atomic E-state index is 0.0731. The molecule has 0 radical (unpaired) electrons. The Hall–Kier alpha value is -2.33. The molecule has 2 heterocycles. The Morgan fingerprint density at radius 3 is 2.46 bits per heavy atom. The van der Waals surface area contributed by atoms with Gasteiger partial charge in [0.2, 0.25) is 0 Å². The molecule has 1 aromatic heterocycles. The zero-order chi connectivity index (χ0) is 20.3. The molecule has 0 bridgehead atoms. The van der Waals surface area contributed by atoms with Gasteiger partial charge in [-0.2, -0.15) is 5.26 Å². The van der Waals surface area contributed by atoms with Gasteiger partial charge in [-0.1, -0.05) is 0 Å². The highest BCUT2D eigenvalue weighted by Crippen LogP contribution is 2.40. The normalized spacial score (nSPS) is 15.5. The number of piperidine rings is 1. The van der Waals surface area contributed by atoms with Gasteiger partial charge in [-0.25, -0.2) is 0 Å². The Labute approximate surface area is 163 Å². The maximum atomic E-state index is 11.1. The van der Waals surface area contributed by atoms with Crippen LogP contribution in [0.3, 0.4) is 0 Å². The maximum absolute atomic E-state index is 11.1. The van der Waals surface area contributed by atoms with Crippen molar-refractivity contribution >= 4 is 24.2 Å². The van der Waals surface area contributed by atoms with E-state index in [1.807, 2.05) is 6.07 Å². The number of methoxy groups -OCH3 is 2. The third-order valence-corrected chi connectivity index (χ3v) is 6.07. The molecule has 1 aliphatic heterocycles. The van der Waals surface area contributed by atoms with Crippen LogP contribution in [0.4, 0.5) is 5.69 Å². The first-order valence-electron chi connectivity index (χ1n) is 9.10. The smallest absolute Gasteiger partial charge is 0.325 e. The van der Waals surface area contributed by atoms with Crippen LogP contribution in [0.5, 0.6) is 11.5 Å².